The van der Waals surface area contributed by atoms with Crippen LogP contribution in [0.4, 0.5) is 5.69 Å². The fourth-order valence-corrected chi connectivity index (χ4v) is 1.40. The summed E-state index contributed by atoms with van der Waals surface area (Å²) in [5.41, 5.74) is -0.259. The summed E-state index contributed by atoms with van der Waals surface area (Å²) in [5.74, 6) is -0.207. The molecule has 0 fully saturated rings. The number of ether oxygens (including phenoxy) is 3. The van der Waals surface area contributed by atoms with Gasteiger partial charge in [-0.3, -0.25) is 10.1 Å². The van der Waals surface area contributed by atoms with Crippen molar-refractivity contribution in [2.24, 2.45) is 0 Å². The Morgan fingerprint density at radius 2 is 2.15 bits per heavy atom. The summed E-state index contributed by atoms with van der Waals surface area (Å²) in [6.45, 7) is 1.94. The first-order valence-corrected chi connectivity index (χ1v) is 6.19. The Morgan fingerprint density at radius 3 is 2.75 bits per heavy atom. The lowest BCUT2D eigenvalue weighted by Gasteiger charge is -2.08. The van der Waals surface area contributed by atoms with Gasteiger partial charge in [0.2, 0.25) is 0 Å². The Hall–Kier alpha value is -2.31. The van der Waals surface area contributed by atoms with Crippen LogP contribution in [0.25, 0.3) is 0 Å². The van der Waals surface area contributed by atoms with Gasteiger partial charge in [0.05, 0.1) is 24.7 Å². The number of esters is 1. The van der Waals surface area contributed by atoms with Crippen LogP contribution in [0, 0.1) is 10.1 Å². The second-order valence-electron chi connectivity index (χ2n) is 3.95. The quantitative estimate of drug-likeness (QED) is 0.315. The lowest BCUT2D eigenvalue weighted by molar-refractivity contribution is -0.385. The van der Waals surface area contributed by atoms with Gasteiger partial charge in [0, 0.05) is 0 Å². The Morgan fingerprint density at radius 1 is 1.40 bits per heavy atom. The number of nitrogens with zero attached hydrogens (tertiary/aromatic N) is 1. The van der Waals surface area contributed by atoms with Gasteiger partial charge in [-0.15, -0.1) is 0 Å². The standard InChI is InChI=1S/C13H17NO6/c1-3-4-7-19-13(15)9-20-12-6-5-10(18-2)8-11(12)14(16)17/h5-6,8H,3-4,7,9H2,1-2H3. The number of hydrogen-bond donors (Lipinski definition) is 0. The third-order valence-electron chi connectivity index (χ3n) is 2.47. The summed E-state index contributed by atoms with van der Waals surface area (Å²) in [4.78, 5) is 21.7. The fraction of sp³-hybridized carbons (Fsp3) is 0.462. The van der Waals surface area contributed by atoms with Crippen LogP contribution in [0.3, 0.4) is 0 Å². The van der Waals surface area contributed by atoms with Crippen molar-refractivity contribution in [2.75, 3.05) is 20.3 Å². The molecule has 0 aliphatic carbocycles. The van der Waals surface area contributed by atoms with Crippen molar-refractivity contribution >= 4 is 11.7 Å². The fourth-order valence-electron chi connectivity index (χ4n) is 1.40. The number of hydrogen-bond acceptors (Lipinski definition) is 6. The van der Waals surface area contributed by atoms with Crippen LogP contribution < -0.4 is 9.47 Å². The third kappa shape index (κ3) is 4.75. The maximum atomic E-state index is 11.4. The normalized spacial score (nSPS) is 9.90. The van der Waals surface area contributed by atoms with Crippen molar-refractivity contribution in [3.8, 4) is 11.5 Å². The summed E-state index contributed by atoms with van der Waals surface area (Å²) in [7, 11) is 1.41. The molecule has 110 valence electrons. The van der Waals surface area contributed by atoms with Crippen LogP contribution in [0.15, 0.2) is 18.2 Å². The zero-order valence-corrected chi connectivity index (χ0v) is 11.5. The molecule has 0 amide bonds. The molecule has 0 saturated heterocycles. The lowest BCUT2D eigenvalue weighted by Crippen LogP contribution is -2.16. The first-order valence-electron chi connectivity index (χ1n) is 6.19. The van der Waals surface area contributed by atoms with Crippen molar-refractivity contribution in [1.29, 1.82) is 0 Å². The molecule has 0 saturated carbocycles. The van der Waals surface area contributed by atoms with Crippen molar-refractivity contribution in [2.45, 2.75) is 19.8 Å². The summed E-state index contributed by atoms with van der Waals surface area (Å²) in [5, 5.41) is 10.9. The van der Waals surface area contributed by atoms with Crippen LogP contribution >= 0.6 is 0 Å². The number of carbonyl (C=O) groups is 1. The highest BCUT2D eigenvalue weighted by atomic mass is 16.6. The van der Waals surface area contributed by atoms with Crippen LogP contribution in [0.5, 0.6) is 11.5 Å². The average molecular weight is 283 g/mol. The zero-order valence-electron chi connectivity index (χ0n) is 11.5. The molecule has 0 aliphatic rings. The molecule has 0 bridgehead atoms. The summed E-state index contributed by atoms with van der Waals surface area (Å²) >= 11 is 0. The van der Waals surface area contributed by atoms with Crippen molar-refractivity contribution in [3.63, 3.8) is 0 Å². The SMILES string of the molecule is CCCCOC(=O)COc1ccc(OC)cc1[N+](=O)[O-]. The first-order chi connectivity index (χ1) is 9.58. The number of rotatable bonds is 8. The maximum Gasteiger partial charge on any atom is 0.344 e. The van der Waals surface area contributed by atoms with Crippen LogP contribution in [-0.4, -0.2) is 31.2 Å². The largest absolute Gasteiger partial charge is 0.496 e. The molecule has 0 unspecified atom stereocenters. The Bertz CT molecular complexity index is 474. The predicted octanol–water partition coefficient (Wildman–Crippen LogP) is 2.33. The van der Waals surface area contributed by atoms with E-state index >= 15 is 0 Å². The highest BCUT2D eigenvalue weighted by molar-refractivity contribution is 5.71. The van der Waals surface area contributed by atoms with Gasteiger partial charge < -0.3 is 14.2 Å². The van der Waals surface area contributed by atoms with E-state index < -0.39 is 10.9 Å². The van der Waals surface area contributed by atoms with Crippen LogP contribution in [0.1, 0.15) is 19.8 Å². The number of unbranched alkanes of at least 4 members (excludes halogenated alkanes) is 1. The number of nitro benzene ring substituents is 1. The predicted molar refractivity (Wildman–Crippen MR) is 71.0 cm³/mol. The van der Waals surface area contributed by atoms with Crippen molar-refractivity contribution in [1.82, 2.24) is 0 Å². The van der Waals surface area contributed by atoms with Gasteiger partial charge >= 0.3 is 11.7 Å². The van der Waals surface area contributed by atoms with E-state index in [9.17, 15) is 14.9 Å². The third-order valence-corrected chi connectivity index (χ3v) is 2.47. The number of nitro groups is 1. The smallest absolute Gasteiger partial charge is 0.344 e. The molecular formula is C13H17NO6. The minimum atomic E-state index is -0.597. The number of methoxy groups -OCH3 is 1. The van der Waals surface area contributed by atoms with E-state index in [0.717, 1.165) is 12.8 Å². The summed E-state index contributed by atoms with van der Waals surface area (Å²) in [6, 6.07) is 4.14. The van der Waals surface area contributed by atoms with Gasteiger partial charge in [-0.05, 0) is 18.6 Å². The van der Waals surface area contributed by atoms with Gasteiger partial charge in [0.1, 0.15) is 5.75 Å². The molecule has 0 N–H and O–H groups in total. The molecule has 1 aromatic rings. The molecule has 0 spiro atoms. The zero-order chi connectivity index (χ0) is 15.0. The van der Waals surface area contributed by atoms with Crippen LogP contribution in [-0.2, 0) is 9.53 Å². The van der Waals surface area contributed by atoms with Crippen molar-refractivity contribution in [3.05, 3.63) is 28.3 Å². The molecule has 20 heavy (non-hydrogen) atoms. The molecule has 0 heterocycles. The second kappa shape index (κ2) is 7.98. The van der Waals surface area contributed by atoms with E-state index in [0.29, 0.717) is 12.4 Å². The van der Waals surface area contributed by atoms with Gasteiger partial charge in [-0.25, -0.2) is 4.79 Å². The molecule has 0 radical (unpaired) electrons. The van der Waals surface area contributed by atoms with Crippen molar-refractivity contribution < 1.29 is 23.9 Å². The Labute approximate surface area is 116 Å². The first kappa shape index (κ1) is 15.7. The van der Waals surface area contributed by atoms with Gasteiger partial charge in [-0.1, -0.05) is 13.3 Å². The topological polar surface area (TPSA) is 87.9 Å². The summed E-state index contributed by atoms with van der Waals surface area (Å²) in [6.07, 6.45) is 1.69. The van der Waals surface area contributed by atoms with Gasteiger partial charge in [0.15, 0.2) is 12.4 Å². The number of carbonyl (C=O) groups excluding carboxylic acids is 1. The Balaban J connectivity index is 2.63. The molecule has 0 atom stereocenters. The van der Waals surface area contributed by atoms with Crippen LogP contribution in [0.2, 0.25) is 0 Å². The van der Waals surface area contributed by atoms with E-state index in [2.05, 4.69) is 0 Å². The molecule has 7 nitrogen and oxygen atoms in total. The molecule has 7 heteroatoms. The van der Waals surface area contributed by atoms with E-state index in [4.69, 9.17) is 14.2 Å². The second-order valence-corrected chi connectivity index (χ2v) is 3.95. The molecular weight excluding hydrogens is 266 g/mol. The highest BCUT2D eigenvalue weighted by Gasteiger charge is 2.17. The lowest BCUT2D eigenvalue weighted by atomic mass is 10.3. The Kier molecular flexibility index (Phi) is 6.28. The highest BCUT2D eigenvalue weighted by Crippen LogP contribution is 2.30. The average Bonchev–Trinajstić information content (AvgIpc) is 2.45. The minimum Gasteiger partial charge on any atom is -0.496 e. The van der Waals surface area contributed by atoms with E-state index in [-0.39, 0.29) is 18.0 Å². The monoisotopic (exact) mass is 283 g/mol. The maximum absolute atomic E-state index is 11.4. The molecule has 1 aromatic carbocycles. The molecule has 0 aliphatic heterocycles. The van der Waals surface area contributed by atoms with E-state index in [1.54, 1.807) is 0 Å². The summed E-state index contributed by atoms with van der Waals surface area (Å²) < 4.78 is 14.9. The number of benzene rings is 1. The molecule has 1 rings (SSSR count). The molecule has 0 aromatic heterocycles. The van der Waals surface area contributed by atoms with E-state index in [1.165, 1.54) is 25.3 Å². The van der Waals surface area contributed by atoms with E-state index in [1.807, 2.05) is 6.92 Å². The van der Waals surface area contributed by atoms with Gasteiger partial charge in [0.25, 0.3) is 0 Å². The van der Waals surface area contributed by atoms with Gasteiger partial charge in [-0.2, -0.15) is 0 Å². The minimum absolute atomic E-state index is 0.00300.